The number of hydrogen-bond donors (Lipinski definition) is 1. The topological polar surface area (TPSA) is 45.8 Å². The molecule has 0 aliphatic carbocycles. The summed E-state index contributed by atoms with van der Waals surface area (Å²) < 4.78 is 0.736. The maximum atomic E-state index is 11.6. The fraction of sp³-hybridized carbons (Fsp3) is 0.143. The molecule has 2 aromatic heterocycles. The van der Waals surface area contributed by atoms with E-state index in [4.69, 9.17) is 0 Å². The lowest BCUT2D eigenvalue weighted by Gasteiger charge is -1.99. The van der Waals surface area contributed by atoms with Crippen LogP contribution in [0.15, 0.2) is 41.3 Å². The van der Waals surface area contributed by atoms with Crippen molar-refractivity contribution < 1.29 is 0 Å². The lowest BCUT2D eigenvalue weighted by atomic mass is 10.1. The number of rotatable bonds is 2. The Morgan fingerprint density at radius 3 is 2.72 bits per heavy atom. The first-order chi connectivity index (χ1) is 8.78. The summed E-state index contributed by atoms with van der Waals surface area (Å²) in [4.78, 5) is 12.7. The third-order valence-corrected chi connectivity index (χ3v) is 4.18. The van der Waals surface area contributed by atoms with Gasteiger partial charge in [0.15, 0.2) is 0 Å². The number of aromatic amines is 1. The van der Waals surface area contributed by atoms with Crippen LogP contribution in [-0.4, -0.2) is 10.2 Å². The normalized spacial score (nSPS) is 10.9. The molecule has 3 rings (SSSR count). The number of thiophene rings is 1. The molecular formula is C14H12N2OS. The molecular weight excluding hydrogens is 244 g/mol. The van der Waals surface area contributed by atoms with E-state index in [9.17, 15) is 4.79 Å². The minimum Gasteiger partial charge on any atom is -0.266 e. The lowest BCUT2D eigenvalue weighted by molar-refractivity contribution is 1.01. The summed E-state index contributed by atoms with van der Waals surface area (Å²) in [6.07, 6.45) is 2.73. The van der Waals surface area contributed by atoms with Gasteiger partial charge in [0.05, 0.1) is 6.20 Å². The first-order valence-corrected chi connectivity index (χ1v) is 6.66. The maximum absolute atomic E-state index is 11.6. The van der Waals surface area contributed by atoms with E-state index < -0.39 is 0 Å². The lowest BCUT2D eigenvalue weighted by Crippen LogP contribution is -2.04. The van der Waals surface area contributed by atoms with Gasteiger partial charge in [-0.3, -0.25) is 4.79 Å². The van der Waals surface area contributed by atoms with E-state index in [1.54, 1.807) is 6.20 Å². The summed E-state index contributed by atoms with van der Waals surface area (Å²) in [7, 11) is 0. The van der Waals surface area contributed by atoms with Gasteiger partial charge in [-0.1, -0.05) is 31.2 Å². The summed E-state index contributed by atoms with van der Waals surface area (Å²) in [5, 5.41) is 7.18. The van der Waals surface area contributed by atoms with E-state index in [1.807, 2.05) is 6.07 Å². The summed E-state index contributed by atoms with van der Waals surface area (Å²) in [5.74, 6) is 0. The van der Waals surface area contributed by atoms with Crippen LogP contribution >= 0.6 is 11.3 Å². The van der Waals surface area contributed by atoms with Gasteiger partial charge in [0.1, 0.15) is 4.70 Å². The molecule has 90 valence electrons. The van der Waals surface area contributed by atoms with Crippen LogP contribution in [0.1, 0.15) is 12.5 Å². The van der Waals surface area contributed by atoms with E-state index in [1.165, 1.54) is 16.9 Å². The zero-order valence-corrected chi connectivity index (χ0v) is 10.8. The molecule has 0 radical (unpaired) electrons. The molecule has 0 atom stereocenters. The van der Waals surface area contributed by atoms with Crippen molar-refractivity contribution in [3.63, 3.8) is 0 Å². The van der Waals surface area contributed by atoms with Crippen molar-refractivity contribution in [3.05, 3.63) is 52.4 Å². The number of aryl methyl sites for hydroxylation is 1. The molecule has 0 unspecified atom stereocenters. The molecule has 0 fully saturated rings. The smallest absolute Gasteiger partial charge is 0.266 e. The van der Waals surface area contributed by atoms with Gasteiger partial charge in [0, 0.05) is 10.3 Å². The Morgan fingerprint density at radius 2 is 2.06 bits per heavy atom. The summed E-state index contributed by atoms with van der Waals surface area (Å²) >= 11 is 1.51. The average Bonchev–Trinajstić information content (AvgIpc) is 2.84. The number of nitrogens with zero attached hydrogens (tertiary/aromatic N) is 1. The number of nitrogens with one attached hydrogen (secondary N) is 1. The zero-order valence-electron chi connectivity index (χ0n) is 9.93. The van der Waals surface area contributed by atoms with Crippen molar-refractivity contribution in [1.82, 2.24) is 10.2 Å². The van der Waals surface area contributed by atoms with Crippen molar-refractivity contribution in [2.75, 3.05) is 0 Å². The monoisotopic (exact) mass is 256 g/mol. The number of hydrogen-bond acceptors (Lipinski definition) is 3. The van der Waals surface area contributed by atoms with Crippen LogP contribution in [0.25, 0.3) is 20.5 Å². The third kappa shape index (κ3) is 1.84. The van der Waals surface area contributed by atoms with Crippen LogP contribution in [0.2, 0.25) is 0 Å². The molecule has 0 saturated heterocycles. The van der Waals surface area contributed by atoms with E-state index in [0.717, 1.165) is 26.9 Å². The summed E-state index contributed by atoms with van der Waals surface area (Å²) in [5.41, 5.74) is 2.35. The molecule has 0 saturated carbocycles. The molecule has 3 aromatic rings. The zero-order chi connectivity index (χ0) is 12.5. The summed E-state index contributed by atoms with van der Waals surface area (Å²) in [6, 6.07) is 10.5. The highest BCUT2D eigenvalue weighted by molar-refractivity contribution is 7.22. The fourth-order valence-electron chi connectivity index (χ4n) is 1.94. The minimum absolute atomic E-state index is 0.117. The van der Waals surface area contributed by atoms with Crippen molar-refractivity contribution in [2.45, 2.75) is 13.3 Å². The van der Waals surface area contributed by atoms with Crippen LogP contribution in [0.4, 0.5) is 0 Å². The first kappa shape index (κ1) is 11.2. The van der Waals surface area contributed by atoms with Crippen molar-refractivity contribution in [3.8, 4) is 10.4 Å². The Hall–Kier alpha value is -1.94. The van der Waals surface area contributed by atoms with Crippen molar-refractivity contribution >= 4 is 21.4 Å². The van der Waals surface area contributed by atoms with E-state index in [-0.39, 0.29) is 5.56 Å². The predicted octanol–water partition coefficient (Wildman–Crippen LogP) is 3.21. The average molecular weight is 256 g/mol. The second-order valence-corrected chi connectivity index (χ2v) is 5.20. The highest BCUT2D eigenvalue weighted by Crippen LogP contribution is 2.31. The molecule has 3 nitrogen and oxygen atoms in total. The largest absolute Gasteiger partial charge is 0.282 e. The Bertz CT molecular complexity index is 740. The predicted molar refractivity (Wildman–Crippen MR) is 75.1 cm³/mol. The third-order valence-electron chi connectivity index (χ3n) is 2.98. The van der Waals surface area contributed by atoms with E-state index in [2.05, 4.69) is 41.4 Å². The quantitative estimate of drug-likeness (QED) is 0.765. The molecule has 18 heavy (non-hydrogen) atoms. The van der Waals surface area contributed by atoms with Gasteiger partial charge < -0.3 is 0 Å². The molecule has 1 N–H and O–H groups in total. The van der Waals surface area contributed by atoms with Gasteiger partial charge in [0.2, 0.25) is 0 Å². The summed E-state index contributed by atoms with van der Waals surface area (Å²) in [6.45, 7) is 2.14. The maximum Gasteiger partial charge on any atom is 0.282 e. The van der Waals surface area contributed by atoms with Crippen LogP contribution < -0.4 is 5.56 Å². The van der Waals surface area contributed by atoms with E-state index in [0.29, 0.717) is 0 Å². The standard InChI is InChI=1S/C14H12N2OS/c1-2-9-3-5-10(6-4-9)12-7-11-8-15-16-14(17)13(11)18-12/h3-8H,2H2,1H3,(H,16,17). The number of benzene rings is 1. The first-order valence-electron chi connectivity index (χ1n) is 5.84. The fourth-order valence-corrected chi connectivity index (χ4v) is 2.96. The van der Waals surface area contributed by atoms with Gasteiger partial charge >= 0.3 is 0 Å². The second kappa shape index (κ2) is 4.38. The minimum atomic E-state index is -0.117. The van der Waals surface area contributed by atoms with Crippen LogP contribution in [0, 0.1) is 0 Å². The van der Waals surface area contributed by atoms with Crippen molar-refractivity contribution in [1.29, 1.82) is 0 Å². The van der Waals surface area contributed by atoms with E-state index >= 15 is 0 Å². The van der Waals surface area contributed by atoms with Crippen molar-refractivity contribution in [2.24, 2.45) is 0 Å². The highest BCUT2D eigenvalue weighted by Gasteiger charge is 2.07. The molecule has 4 heteroatoms. The van der Waals surface area contributed by atoms with Crippen LogP contribution in [-0.2, 0) is 6.42 Å². The molecule has 0 aliphatic heterocycles. The molecule has 1 aromatic carbocycles. The van der Waals surface area contributed by atoms with Gasteiger partial charge in [-0.2, -0.15) is 5.10 Å². The SMILES string of the molecule is CCc1ccc(-c2cc3cn[nH]c(=O)c3s2)cc1. The molecule has 2 heterocycles. The van der Waals surface area contributed by atoms with Gasteiger partial charge in [-0.05, 0) is 23.6 Å². The van der Waals surface area contributed by atoms with Gasteiger partial charge in [0.25, 0.3) is 5.56 Å². The molecule has 0 aliphatic rings. The number of fused-ring (bicyclic) bond motifs is 1. The Kier molecular flexibility index (Phi) is 2.72. The number of H-pyrrole nitrogens is 1. The molecule has 0 amide bonds. The van der Waals surface area contributed by atoms with Gasteiger partial charge in [-0.15, -0.1) is 11.3 Å². The van der Waals surface area contributed by atoms with Crippen LogP contribution in [0.3, 0.4) is 0 Å². The Labute approximate surface area is 108 Å². The second-order valence-electron chi connectivity index (χ2n) is 4.14. The van der Waals surface area contributed by atoms with Gasteiger partial charge in [-0.25, -0.2) is 5.10 Å². The molecule has 0 bridgehead atoms. The highest BCUT2D eigenvalue weighted by atomic mass is 32.1. The Morgan fingerprint density at radius 1 is 1.28 bits per heavy atom. The Balaban J connectivity index is 2.13. The number of aromatic nitrogens is 2. The van der Waals surface area contributed by atoms with Crippen LogP contribution in [0.5, 0.6) is 0 Å². The molecule has 0 spiro atoms.